The first-order valence-electron chi connectivity index (χ1n) is 7.93. The summed E-state index contributed by atoms with van der Waals surface area (Å²) in [6.45, 7) is 2.06. The fourth-order valence-electron chi connectivity index (χ4n) is 2.64. The van der Waals surface area contributed by atoms with Crippen molar-refractivity contribution in [2.45, 2.75) is 6.92 Å². The molecule has 0 aliphatic heterocycles. The van der Waals surface area contributed by atoms with Crippen LogP contribution in [-0.4, -0.2) is 32.1 Å². The van der Waals surface area contributed by atoms with Crippen molar-refractivity contribution >= 4 is 0 Å². The largest absolute Gasteiger partial charge is 0.466 e. The Labute approximate surface area is 145 Å². The fraction of sp³-hybridized carbons (Fsp3) is 0.105. The van der Waals surface area contributed by atoms with Crippen LogP contribution in [0.1, 0.15) is 5.56 Å². The van der Waals surface area contributed by atoms with Crippen LogP contribution >= 0.6 is 0 Å². The minimum absolute atomic E-state index is 0.303. The molecule has 0 amide bonds. The van der Waals surface area contributed by atoms with Crippen LogP contribution in [0.4, 0.5) is 0 Å². The molecule has 25 heavy (non-hydrogen) atoms. The second-order valence-electron chi connectivity index (χ2n) is 5.71. The van der Waals surface area contributed by atoms with Gasteiger partial charge in [-0.3, -0.25) is 5.10 Å². The van der Waals surface area contributed by atoms with Gasteiger partial charge in [0.15, 0.2) is 5.82 Å². The van der Waals surface area contributed by atoms with Crippen LogP contribution in [0.5, 0.6) is 6.01 Å². The standard InChI is InChI=1S/C19H17N5O/c1-13-8-10-14(11-9-13)17-16(18-20-19(25-2)22-21-18)12-24(23-17)15-6-4-3-5-7-15/h3-12H,1-2H3,(H,20,21,22). The van der Waals surface area contributed by atoms with E-state index < -0.39 is 0 Å². The van der Waals surface area contributed by atoms with E-state index in [0.29, 0.717) is 11.8 Å². The maximum absolute atomic E-state index is 5.09. The molecule has 0 radical (unpaired) electrons. The number of hydrogen-bond donors (Lipinski definition) is 1. The summed E-state index contributed by atoms with van der Waals surface area (Å²) in [5.41, 5.74) is 4.90. The van der Waals surface area contributed by atoms with Gasteiger partial charge in [0.2, 0.25) is 0 Å². The van der Waals surface area contributed by atoms with Gasteiger partial charge in [0.05, 0.1) is 18.4 Å². The normalized spacial score (nSPS) is 10.8. The van der Waals surface area contributed by atoms with E-state index >= 15 is 0 Å². The number of rotatable bonds is 4. The third-order valence-electron chi connectivity index (χ3n) is 3.96. The van der Waals surface area contributed by atoms with E-state index in [2.05, 4.69) is 46.4 Å². The Hall–Kier alpha value is -3.41. The number of nitrogens with zero attached hydrogens (tertiary/aromatic N) is 4. The van der Waals surface area contributed by atoms with Crippen LogP contribution in [0, 0.1) is 6.92 Å². The average molecular weight is 331 g/mol. The Morgan fingerprint density at radius 3 is 2.44 bits per heavy atom. The van der Waals surface area contributed by atoms with Crippen molar-refractivity contribution in [2.75, 3.05) is 7.11 Å². The Balaban J connectivity index is 1.88. The second kappa shape index (κ2) is 6.24. The highest BCUT2D eigenvalue weighted by molar-refractivity contribution is 5.77. The zero-order chi connectivity index (χ0) is 17.2. The molecule has 0 spiro atoms. The van der Waals surface area contributed by atoms with Crippen LogP contribution in [0.25, 0.3) is 28.3 Å². The summed E-state index contributed by atoms with van der Waals surface area (Å²) >= 11 is 0. The van der Waals surface area contributed by atoms with Gasteiger partial charge in [-0.05, 0) is 19.1 Å². The molecule has 0 saturated carbocycles. The van der Waals surface area contributed by atoms with Gasteiger partial charge in [0, 0.05) is 11.8 Å². The van der Waals surface area contributed by atoms with Gasteiger partial charge < -0.3 is 4.74 Å². The summed E-state index contributed by atoms with van der Waals surface area (Å²) in [5.74, 6) is 0.620. The highest BCUT2D eigenvalue weighted by atomic mass is 16.5. The van der Waals surface area contributed by atoms with Crippen molar-refractivity contribution < 1.29 is 4.74 Å². The number of aromatic amines is 1. The Morgan fingerprint density at radius 1 is 1.00 bits per heavy atom. The number of methoxy groups -OCH3 is 1. The predicted molar refractivity (Wildman–Crippen MR) is 95.7 cm³/mol. The third-order valence-corrected chi connectivity index (χ3v) is 3.96. The van der Waals surface area contributed by atoms with E-state index in [1.54, 1.807) is 7.11 Å². The molecule has 2 aromatic heterocycles. The Morgan fingerprint density at radius 2 is 1.76 bits per heavy atom. The van der Waals surface area contributed by atoms with Gasteiger partial charge in [-0.1, -0.05) is 48.0 Å². The summed E-state index contributed by atoms with van der Waals surface area (Å²) in [4.78, 5) is 4.37. The van der Waals surface area contributed by atoms with Crippen LogP contribution in [0.3, 0.4) is 0 Å². The van der Waals surface area contributed by atoms with Gasteiger partial charge in [-0.25, -0.2) is 4.68 Å². The van der Waals surface area contributed by atoms with Crippen LogP contribution < -0.4 is 4.74 Å². The molecule has 0 aliphatic carbocycles. The van der Waals surface area contributed by atoms with Crippen LogP contribution in [0.15, 0.2) is 60.8 Å². The lowest BCUT2D eigenvalue weighted by Gasteiger charge is -2.01. The molecule has 0 unspecified atom stereocenters. The molecule has 4 aromatic rings. The first kappa shape index (κ1) is 15.1. The molecular formula is C19H17N5O. The van der Waals surface area contributed by atoms with Gasteiger partial charge in [0.25, 0.3) is 0 Å². The smallest absolute Gasteiger partial charge is 0.335 e. The number of aryl methyl sites for hydroxylation is 1. The van der Waals surface area contributed by atoms with E-state index in [1.165, 1.54) is 5.56 Å². The third kappa shape index (κ3) is 2.89. The number of benzene rings is 2. The molecule has 0 fully saturated rings. The van der Waals surface area contributed by atoms with E-state index in [4.69, 9.17) is 9.84 Å². The lowest BCUT2D eigenvalue weighted by Crippen LogP contribution is -1.93. The molecular weight excluding hydrogens is 314 g/mol. The maximum Gasteiger partial charge on any atom is 0.335 e. The molecule has 2 heterocycles. The van der Waals surface area contributed by atoms with Gasteiger partial charge in [-0.2, -0.15) is 10.1 Å². The number of aromatic nitrogens is 5. The lowest BCUT2D eigenvalue weighted by atomic mass is 10.1. The first-order valence-corrected chi connectivity index (χ1v) is 7.93. The monoisotopic (exact) mass is 331 g/mol. The quantitative estimate of drug-likeness (QED) is 0.620. The first-order chi connectivity index (χ1) is 12.2. The summed E-state index contributed by atoms with van der Waals surface area (Å²) in [6.07, 6.45) is 1.95. The van der Waals surface area contributed by atoms with Gasteiger partial charge >= 0.3 is 6.01 Å². The van der Waals surface area contributed by atoms with E-state index in [9.17, 15) is 0 Å². The van der Waals surface area contributed by atoms with E-state index in [0.717, 1.165) is 22.5 Å². The lowest BCUT2D eigenvalue weighted by molar-refractivity contribution is 0.382. The second-order valence-corrected chi connectivity index (χ2v) is 5.71. The van der Waals surface area contributed by atoms with Crippen molar-refractivity contribution in [3.8, 4) is 34.3 Å². The molecule has 4 rings (SSSR count). The van der Waals surface area contributed by atoms with Crippen molar-refractivity contribution in [1.82, 2.24) is 25.0 Å². The van der Waals surface area contributed by atoms with Gasteiger partial charge in [-0.15, -0.1) is 5.10 Å². The molecule has 6 heteroatoms. The Kier molecular flexibility index (Phi) is 3.78. The van der Waals surface area contributed by atoms with Gasteiger partial charge in [0.1, 0.15) is 5.69 Å². The molecule has 0 atom stereocenters. The topological polar surface area (TPSA) is 68.6 Å². The summed E-state index contributed by atoms with van der Waals surface area (Å²) in [6, 6.07) is 18.5. The van der Waals surface area contributed by atoms with Crippen LogP contribution in [0.2, 0.25) is 0 Å². The number of ether oxygens (including phenoxy) is 1. The fourth-order valence-corrected chi connectivity index (χ4v) is 2.64. The van der Waals surface area contributed by atoms with E-state index in [-0.39, 0.29) is 0 Å². The number of H-pyrrole nitrogens is 1. The number of hydrogen-bond acceptors (Lipinski definition) is 4. The molecule has 1 N–H and O–H groups in total. The van der Waals surface area contributed by atoms with Crippen molar-refractivity contribution in [3.05, 3.63) is 66.4 Å². The molecule has 0 saturated heterocycles. The molecule has 0 aliphatic rings. The van der Waals surface area contributed by atoms with Crippen molar-refractivity contribution in [2.24, 2.45) is 0 Å². The predicted octanol–water partition coefficient (Wildman–Crippen LogP) is 3.64. The molecule has 6 nitrogen and oxygen atoms in total. The molecule has 124 valence electrons. The molecule has 2 aromatic carbocycles. The van der Waals surface area contributed by atoms with Crippen LogP contribution in [-0.2, 0) is 0 Å². The minimum Gasteiger partial charge on any atom is -0.466 e. The minimum atomic E-state index is 0.303. The zero-order valence-electron chi connectivity index (χ0n) is 14.0. The molecule has 0 bridgehead atoms. The summed E-state index contributed by atoms with van der Waals surface area (Å²) < 4.78 is 6.94. The van der Waals surface area contributed by atoms with Crippen molar-refractivity contribution in [3.63, 3.8) is 0 Å². The highest BCUT2D eigenvalue weighted by Gasteiger charge is 2.17. The average Bonchev–Trinajstić information content (AvgIpc) is 3.30. The van der Waals surface area contributed by atoms with Crippen molar-refractivity contribution in [1.29, 1.82) is 0 Å². The summed E-state index contributed by atoms with van der Waals surface area (Å²) in [7, 11) is 1.54. The number of para-hydroxylation sites is 1. The highest BCUT2D eigenvalue weighted by Crippen LogP contribution is 2.30. The SMILES string of the molecule is COc1n[nH]c(-c2cn(-c3ccccc3)nc2-c2ccc(C)cc2)n1. The zero-order valence-corrected chi connectivity index (χ0v) is 14.0. The summed E-state index contributed by atoms with van der Waals surface area (Å²) in [5, 5.41) is 11.7. The van der Waals surface area contributed by atoms with E-state index in [1.807, 2.05) is 41.2 Å². The number of nitrogens with one attached hydrogen (secondary N) is 1. The maximum atomic E-state index is 5.09. The Bertz CT molecular complexity index is 986.